The summed E-state index contributed by atoms with van der Waals surface area (Å²) >= 11 is 4.73. The lowest BCUT2D eigenvalue weighted by Gasteiger charge is -2.34. The molecule has 3 aliphatic heterocycles. The van der Waals surface area contributed by atoms with Crippen molar-refractivity contribution in [2.45, 2.75) is 49.1 Å². The van der Waals surface area contributed by atoms with E-state index in [1.807, 2.05) is 0 Å². The van der Waals surface area contributed by atoms with Crippen LogP contribution in [-0.4, -0.2) is 96.7 Å². The van der Waals surface area contributed by atoms with E-state index in [1.165, 1.54) is 21.8 Å². The average Bonchev–Trinajstić information content (AvgIpc) is 3.76. The first-order valence-electron chi connectivity index (χ1n) is 13.3. The van der Waals surface area contributed by atoms with Crippen molar-refractivity contribution in [1.82, 2.24) is 29.1 Å². The molecular weight excluding hydrogens is 657 g/mol. The summed E-state index contributed by atoms with van der Waals surface area (Å²) in [4.78, 5) is 27.0. The van der Waals surface area contributed by atoms with Gasteiger partial charge in [-0.15, -0.1) is 4.13 Å². The minimum atomic E-state index is -4.56. The number of nitrogens with one attached hydrogen (secondary N) is 1. The Bertz CT molecular complexity index is 1940. The van der Waals surface area contributed by atoms with Gasteiger partial charge in [-0.2, -0.15) is 4.98 Å². The molecule has 0 aliphatic carbocycles. The maximum absolute atomic E-state index is 13.6. The van der Waals surface area contributed by atoms with Crippen LogP contribution in [0.5, 0.6) is 0 Å². The minimum absolute atomic E-state index is 0.0543. The number of hydrogen-bond acceptors (Lipinski definition) is 16. The lowest BCUT2D eigenvalue weighted by Crippen LogP contribution is -2.36. The third-order valence-corrected chi connectivity index (χ3v) is 10.4. The van der Waals surface area contributed by atoms with E-state index in [0.717, 1.165) is 0 Å². The molecule has 4 aromatic rings. The number of aromatic nitrogens is 6. The number of nitrogens with zero attached hydrogens (tertiary/aromatic N) is 6. The fraction of sp³-hybridized carbons (Fsp3) is 0.455. The van der Waals surface area contributed by atoms with Gasteiger partial charge in [0.15, 0.2) is 23.6 Å². The Morgan fingerprint density at radius 2 is 1.73 bits per heavy atom. The van der Waals surface area contributed by atoms with Gasteiger partial charge in [0, 0.05) is 12.4 Å². The van der Waals surface area contributed by atoms with E-state index in [-0.39, 0.29) is 17.1 Å². The van der Waals surface area contributed by atoms with Crippen LogP contribution in [0.1, 0.15) is 12.5 Å². The molecule has 237 valence electrons. The van der Waals surface area contributed by atoms with Crippen molar-refractivity contribution in [1.29, 1.82) is 0 Å². The largest absolute Gasteiger partial charge is 0.465 e. The Hall–Kier alpha value is -2.94. The van der Waals surface area contributed by atoms with E-state index in [9.17, 15) is 24.1 Å². The van der Waals surface area contributed by atoms with Gasteiger partial charge in [-0.05, 0) is 12.1 Å². The Morgan fingerprint density at radius 1 is 1.00 bits per heavy atom. The third kappa shape index (κ3) is 5.47. The maximum atomic E-state index is 13.6. The highest BCUT2D eigenvalue weighted by Crippen LogP contribution is 2.56. The van der Waals surface area contributed by atoms with Crippen molar-refractivity contribution in [2.24, 2.45) is 4.13 Å². The lowest BCUT2D eigenvalue weighted by atomic mass is 10.1. The summed E-state index contributed by atoms with van der Waals surface area (Å²) in [5, 5.41) is 22.4. The Morgan fingerprint density at radius 3 is 2.53 bits per heavy atom. The smallest absolute Gasteiger partial charge is 0.444 e. The molecule has 0 saturated carbocycles. The SMILES string of the molecule is [B-]P1(=O)OC[C@H]2O[C@@H](n3cnc4ccccc43)[C@@H](O)C2OP(=O)(N=S)OC[C@H]2O[C@@H](n3cnc4c(=O)[nH]c(N)nc43)[C@@H](O1)C2O. The number of fused-ring (bicyclic) bond motifs is 5. The summed E-state index contributed by atoms with van der Waals surface area (Å²) < 4.78 is 67.3. The van der Waals surface area contributed by atoms with Crippen molar-refractivity contribution < 1.29 is 46.9 Å². The molecule has 19 nitrogen and oxygen atoms in total. The number of aromatic amines is 1. The molecule has 3 aromatic heterocycles. The van der Waals surface area contributed by atoms with Gasteiger partial charge in [-0.1, -0.05) is 12.1 Å². The van der Waals surface area contributed by atoms with Crippen LogP contribution in [0.4, 0.5) is 5.95 Å². The number of H-pyrrole nitrogens is 1. The molecule has 4 unspecified atom stereocenters. The van der Waals surface area contributed by atoms with E-state index < -0.39 is 83.1 Å². The van der Waals surface area contributed by atoms with Crippen LogP contribution in [-0.2, 0) is 49.1 Å². The fourth-order valence-corrected chi connectivity index (χ4v) is 7.78. The van der Waals surface area contributed by atoms with E-state index >= 15 is 0 Å². The van der Waals surface area contributed by atoms with Crippen LogP contribution in [0.25, 0.3) is 22.2 Å². The Balaban J connectivity index is 1.22. The zero-order chi connectivity index (χ0) is 31.7. The lowest BCUT2D eigenvalue weighted by molar-refractivity contribution is -0.0585. The highest BCUT2D eigenvalue weighted by Gasteiger charge is 2.52. The molecule has 0 amide bonds. The molecular formula is C22H23BN8O11P2S-. The van der Waals surface area contributed by atoms with Gasteiger partial charge in [0.1, 0.15) is 36.6 Å². The second kappa shape index (κ2) is 11.4. The minimum Gasteiger partial charge on any atom is -0.444 e. The number of imidazole rings is 2. The summed E-state index contributed by atoms with van der Waals surface area (Å²) in [6, 6.07) is 7.06. The maximum Gasteiger partial charge on any atom is 0.465 e. The number of rotatable bonds is 3. The van der Waals surface area contributed by atoms with Crippen LogP contribution in [0, 0.1) is 0 Å². The Labute approximate surface area is 258 Å². The molecule has 5 N–H and O–H groups in total. The van der Waals surface area contributed by atoms with Gasteiger partial charge in [0.25, 0.3) is 5.56 Å². The van der Waals surface area contributed by atoms with Gasteiger partial charge in [-0.3, -0.25) is 23.4 Å². The van der Waals surface area contributed by atoms with E-state index in [2.05, 4.69) is 24.1 Å². The summed E-state index contributed by atoms with van der Waals surface area (Å²) in [7, 11) is -3.15. The monoisotopic (exact) mass is 680 g/mol. The van der Waals surface area contributed by atoms with Crippen molar-refractivity contribution in [3.05, 3.63) is 47.3 Å². The zero-order valence-corrected chi connectivity index (χ0v) is 25.3. The topological polar surface area (TPSA) is 250 Å². The van der Waals surface area contributed by atoms with E-state index in [0.29, 0.717) is 11.0 Å². The molecule has 3 aliphatic rings. The van der Waals surface area contributed by atoms with Gasteiger partial charge in [-0.25, -0.2) is 14.5 Å². The predicted octanol–water partition coefficient (Wildman–Crippen LogP) is 0.201. The molecule has 45 heavy (non-hydrogen) atoms. The highest BCUT2D eigenvalue weighted by molar-refractivity contribution is 7.79. The van der Waals surface area contributed by atoms with Gasteiger partial charge < -0.3 is 51.2 Å². The summed E-state index contributed by atoms with van der Waals surface area (Å²) in [5.74, 6) is -0.236. The van der Waals surface area contributed by atoms with Gasteiger partial charge in [0.05, 0.1) is 44.4 Å². The normalized spacial score (nSPS) is 37.6. The molecule has 2 bridgehead atoms. The van der Waals surface area contributed by atoms with E-state index in [1.54, 1.807) is 24.3 Å². The molecule has 7 rings (SSSR count). The summed E-state index contributed by atoms with van der Waals surface area (Å²) in [6.07, 6.45) is -8.61. The molecule has 3 saturated heterocycles. The Kier molecular flexibility index (Phi) is 7.77. The van der Waals surface area contributed by atoms with E-state index in [4.69, 9.17) is 53.3 Å². The number of aliphatic hydroxyl groups is 2. The molecule has 0 spiro atoms. The fourth-order valence-electron chi connectivity index (χ4n) is 5.49. The molecule has 10 atom stereocenters. The number of aliphatic hydroxyl groups excluding tert-OH is 2. The van der Waals surface area contributed by atoms with Crippen LogP contribution in [0.3, 0.4) is 0 Å². The molecule has 6 heterocycles. The van der Waals surface area contributed by atoms with Crippen molar-refractivity contribution in [2.75, 3.05) is 18.9 Å². The number of nitrogen functional groups attached to an aromatic ring is 1. The molecule has 23 heteroatoms. The van der Waals surface area contributed by atoms with Crippen molar-refractivity contribution in [3.8, 4) is 0 Å². The predicted molar refractivity (Wildman–Crippen MR) is 155 cm³/mol. The number of hydrogen-bond donors (Lipinski definition) is 4. The third-order valence-electron chi connectivity index (χ3n) is 7.55. The second-order valence-electron chi connectivity index (χ2n) is 10.3. The van der Waals surface area contributed by atoms with Gasteiger partial charge in [0.2, 0.25) is 5.95 Å². The zero-order valence-electron chi connectivity index (χ0n) is 22.7. The first kappa shape index (κ1) is 30.7. The van der Waals surface area contributed by atoms with Gasteiger partial charge >= 0.3 is 7.75 Å². The van der Waals surface area contributed by atoms with Crippen molar-refractivity contribution >= 4 is 63.4 Å². The standard InChI is InChI=1S/C22H23BN8O11P2S/c23-43(35)37-6-12-16(15(33)20(40-12)30-7-25-9-3-1-2-4-10(9)30)42-44(36,29-45)38-5-11-14(32)17(41-43)21(39-11)31-8-26-13-18(31)27-22(24)28-19(13)34/h1-4,7-8,11-12,14-17,20-21,32-33H,5-6H2,(H3,24,27,28,34)/q-1/t11-,12-,14?,15+,16?,17+,20-,21-,43?,44?/m1/s1. The van der Waals surface area contributed by atoms with Crippen LogP contribution >= 0.6 is 15.2 Å². The summed E-state index contributed by atoms with van der Waals surface area (Å²) in [5.41, 5.74) is 6.10. The van der Waals surface area contributed by atoms with Crippen molar-refractivity contribution in [3.63, 3.8) is 0 Å². The molecule has 3 fully saturated rings. The molecule has 1 aromatic carbocycles. The number of benzene rings is 1. The number of ether oxygens (including phenoxy) is 2. The first-order chi connectivity index (χ1) is 21.5. The number of nitrogens with two attached hydrogens (primary N) is 1. The first-order valence-corrected chi connectivity index (χ1v) is 16.7. The number of anilines is 1. The number of para-hydroxylation sites is 2. The highest BCUT2D eigenvalue weighted by atomic mass is 32.1. The quantitative estimate of drug-likeness (QED) is 0.167. The second-order valence-corrected chi connectivity index (χ2v) is 14.0. The average molecular weight is 680 g/mol. The molecule has 3 radical (unpaired) electrons. The van der Waals surface area contributed by atoms with Crippen LogP contribution < -0.4 is 11.3 Å². The summed E-state index contributed by atoms with van der Waals surface area (Å²) in [6.45, 7) is -1.26. The van der Waals surface area contributed by atoms with Crippen LogP contribution in [0.15, 0.2) is 45.8 Å². The van der Waals surface area contributed by atoms with Crippen LogP contribution in [0.2, 0.25) is 0 Å².